The van der Waals surface area contributed by atoms with Crippen molar-refractivity contribution in [1.29, 1.82) is 0 Å². The Balaban J connectivity index is 2.42. The van der Waals surface area contributed by atoms with Crippen molar-refractivity contribution >= 4 is 0 Å². The third-order valence-corrected chi connectivity index (χ3v) is 2.97. The van der Waals surface area contributed by atoms with Crippen molar-refractivity contribution in [2.24, 2.45) is 11.8 Å². The van der Waals surface area contributed by atoms with Gasteiger partial charge >= 0.3 is 0 Å². The van der Waals surface area contributed by atoms with Crippen molar-refractivity contribution in [1.82, 2.24) is 0 Å². The summed E-state index contributed by atoms with van der Waals surface area (Å²) in [5, 5.41) is 9.52. The van der Waals surface area contributed by atoms with Gasteiger partial charge in [-0.15, -0.1) is 0 Å². The minimum atomic E-state index is -0.162. The van der Waals surface area contributed by atoms with Gasteiger partial charge in [0, 0.05) is 13.7 Å². The highest BCUT2D eigenvalue weighted by Crippen LogP contribution is 2.32. The highest BCUT2D eigenvalue weighted by atomic mass is 16.5. The Morgan fingerprint density at radius 1 is 1.42 bits per heavy atom. The van der Waals surface area contributed by atoms with Crippen molar-refractivity contribution < 1.29 is 9.84 Å². The van der Waals surface area contributed by atoms with E-state index in [1.807, 2.05) is 6.92 Å². The molecule has 0 spiro atoms. The second kappa shape index (κ2) is 4.83. The van der Waals surface area contributed by atoms with Crippen molar-refractivity contribution in [2.75, 3.05) is 13.7 Å². The van der Waals surface area contributed by atoms with Crippen molar-refractivity contribution in [2.45, 2.75) is 38.7 Å². The molecule has 0 aromatic carbocycles. The summed E-state index contributed by atoms with van der Waals surface area (Å²) in [6.45, 7) is 2.72. The normalized spacial score (nSPS) is 33.2. The summed E-state index contributed by atoms with van der Waals surface area (Å²) in [6, 6.07) is 0. The van der Waals surface area contributed by atoms with Crippen LogP contribution in [0.1, 0.15) is 32.6 Å². The Bertz CT molecular complexity index is 121. The van der Waals surface area contributed by atoms with E-state index in [9.17, 15) is 5.11 Å². The summed E-state index contributed by atoms with van der Waals surface area (Å²) in [5.41, 5.74) is 0. The van der Waals surface area contributed by atoms with Gasteiger partial charge in [0.15, 0.2) is 0 Å². The van der Waals surface area contributed by atoms with E-state index in [0.717, 1.165) is 6.61 Å². The lowest BCUT2D eigenvalue weighted by Crippen LogP contribution is -2.31. The molecule has 0 radical (unpaired) electrons. The summed E-state index contributed by atoms with van der Waals surface area (Å²) in [6.07, 6.45) is 4.81. The first-order valence-corrected chi connectivity index (χ1v) is 4.92. The van der Waals surface area contributed by atoms with Gasteiger partial charge in [0.1, 0.15) is 0 Å². The maximum absolute atomic E-state index is 9.52. The molecule has 1 rings (SSSR count). The molecule has 1 saturated carbocycles. The average molecular weight is 172 g/mol. The molecular formula is C10H20O2. The summed E-state index contributed by atoms with van der Waals surface area (Å²) >= 11 is 0. The zero-order valence-electron chi connectivity index (χ0n) is 8.12. The van der Waals surface area contributed by atoms with Gasteiger partial charge in [0.2, 0.25) is 0 Å². The second-order valence-electron chi connectivity index (χ2n) is 3.90. The molecule has 0 bridgehead atoms. The van der Waals surface area contributed by atoms with Gasteiger partial charge in [-0.1, -0.05) is 12.8 Å². The van der Waals surface area contributed by atoms with E-state index >= 15 is 0 Å². The Labute approximate surface area is 74.9 Å². The Morgan fingerprint density at radius 2 is 2.08 bits per heavy atom. The number of methoxy groups -OCH3 is 1. The molecule has 12 heavy (non-hydrogen) atoms. The molecule has 2 nitrogen and oxygen atoms in total. The molecule has 0 saturated heterocycles. The zero-order valence-corrected chi connectivity index (χ0v) is 8.12. The maximum Gasteiger partial charge on any atom is 0.0543 e. The molecule has 0 aromatic heterocycles. The number of ether oxygens (including phenoxy) is 1. The standard InChI is InChI=1S/C10H20O2/c1-8(11)10-6-4-3-5-9(10)7-12-2/h8-11H,3-7H2,1-2H3/t8?,9-,10-/m0/s1. The molecule has 3 atom stereocenters. The van der Waals surface area contributed by atoms with Crippen molar-refractivity contribution in [3.63, 3.8) is 0 Å². The van der Waals surface area contributed by atoms with Crippen LogP contribution in [0, 0.1) is 11.8 Å². The van der Waals surface area contributed by atoms with Gasteiger partial charge in [-0.25, -0.2) is 0 Å². The Kier molecular flexibility index (Phi) is 4.02. The number of aliphatic hydroxyl groups excluding tert-OH is 1. The van der Waals surface area contributed by atoms with Gasteiger partial charge < -0.3 is 9.84 Å². The second-order valence-corrected chi connectivity index (χ2v) is 3.90. The minimum Gasteiger partial charge on any atom is -0.393 e. The summed E-state index contributed by atoms with van der Waals surface area (Å²) < 4.78 is 5.15. The minimum absolute atomic E-state index is 0.162. The highest BCUT2D eigenvalue weighted by molar-refractivity contribution is 4.78. The van der Waals surface area contributed by atoms with Crippen LogP contribution in [0.15, 0.2) is 0 Å². The van der Waals surface area contributed by atoms with E-state index in [2.05, 4.69) is 0 Å². The predicted octanol–water partition coefficient (Wildman–Crippen LogP) is 1.82. The van der Waals surface area contributed by atoms with Gasteiger partial charge in [-0.2, -0.15) is 0 Å². The SMILES string of the molecule is COC[C@@H]1CCCC[C@H]1C(C)O. The van der Waals surface area contributed by atoms with Crippen molar-refractivity contribution in [3.05, 3.63) is 0 Å². The van der Waals surface area contributed by atoms with Crippen molar-refractivity contribution in [3.8, 4) is 0 Å². The quantitative estimate of drug-likeness (QED) is 0.703. The molecule has 0 heterocycles. The third kappa shape index (κ3) is 2.46. The molecule has 72 valence electrons. The molecule has 1 fully saturated rings. The van der Waals surface area contributed by atoms with Crippen LogP contribution < -0.4 is 0 Å². The maximum atomic E-state index is 9.52. The van der Waals surface area contributed by atoms with Crippen LogP contribution in [0.4, 0.5) is 0 Å². The molecule has 1 N–H and O–H groups in total. The van der Waals surface area contributed by atoms with E-state index in [1.165, 1.54) is 25.7 Å². The number of rotatable bonds is 3. The molecule has 1 aliphatic rings. The van der Waals surface area contributed by atoms with Gasteiger partial charge in [-0.05, 0) is 31.6 Å². The average Bonchev–Trinajstić information content (AvgIpc) is 2.05. The third-order valence-electron chi connectivity index (χ3n) is 2.97. The fraction of sp³-hybridized carbons (Fsp3) is 1.00. The smallest absolute Gasteiger partial charge is 0.0543 e. The monoisotopic (exact) mass is 172 g/mol. The van der Waals surface area contributed by atoms with Crippen LogP contribution in [-0.2, 0) is 4.74 Å². The van der Waals surface area contributed by atoms with Crippen LogP contribution in [0.25, 0.3) is 0 Å². The van der Waals surface area contributed by atoms with Crippen LogP contribution >= 0.6 is 0 Å². The largest absolute Gasteiger partial charge is 0.393 e. The van der Waals surface area contributed by atoms with E-state index in [1.54, 1.807) is 7.11 Å². The lowest BCUT2D eigenvalue weighted by molar-refractivity contribution is 0.0218. The molecular weight excluding hydrogens is 152 g/mol. The van der Waals surface area contributed by atoms with E-state index in [0.29, 0.717) is 11.8 Å². The fourth-order valence-electron chi connectivity index (χ4n) is 2.29. The fourth-order valence-corrected chi connectivity index (χ4v) is 2.29. The molecule has 0 amide bonds. The summed E-state index contributed by atoms with van der Waals surface area (Å²) in [7, 11) is 1.74. The van der Waals surface area contributed by atoms with Gasteiger partial charge in [-0.3, -0.25) is 0 Å². The molecule has 1 aliphatic carbocycles. The predicted molar refractivity (Wildman–Crippen MR) is 49.0 cm³/mol. The van der Waals surface area contributed by atoms with E-state index in [-0.39, 0.29) is 6.10 Å². The van der Waals surface area contributed by atoms with Crippen LogP contribution in [0.2, 0.25) is 0 Å². The first-order chi connectivity index (χ1) is 5.75. The topological polar surface area (TPSA) is 29.5 Å². The molecule has 2 heteroatoms. The summed E-state index contributed by atoms with van der Waals surface area (Å²) in [4.78, 5) is 0. The van der Waals surface area contributed by atoms with E-state index in [4.69, 9.17) is 4.74 Å². The highest BCUT2D eigenvalue weighted by Gasteiger charge is 2.28. The summed E-state index contributed by atoms with van der Waals surface area (Å²) in [5.74, 6) is 1.06. The molecule has 1 unspecified atom stereocenters. The number of hydrogen-bond acceptors (Lipinski definition) is 2. The lowest BCUT2D eigenvalue weighted by atomic mass is 9.77. The zero-order chi connectivity index (χ0) is 8.97. The molecule has 0 aliphatic heterocycles. The first kappa shape index (κ1) is 10.0. The Morgan fingerprint density at radius 3 is 2.67 bits per heavy atom. The van der Waals surface area contributed by atoms with Crippen LogP contribution in [-0.4, -0.2) is 24.9 Å². The van der Waals surface area contributed by atoms with Gasteiger partial charge in [0.25, 0.3) is 0 Å². The first-order valence-electron chi connectivity index (χ1n) is 4.92. The number of hydrogen-bond donors (Lipinski definition) is 1. The van der Waals surface area contributed by atoms with Crippen LogP contribution in [0.3, 0.4) is 0 Å². The van der Waals surface area contributed by atoms with E-state index < -0.39 is 0 Å². The molecule has 0 aromatic rings. The Hall–Kier alpha value is -0.0800. The van der Waals surface area contributed by atoms with Crippen LogP contribution in [0.5, 0.6) is 0 Å². The lowest BCUT2D eigenvalue weighted by Gasteiger charge is -2.32. The number of aliphatic hydroxyl groups is 1. The van der Waals surface area contributed by atoms with Gasteiger partial charge in [0.05, 0.1) is 6.10 Å².